The molecular formula is C17H26N2O. The molecule has 3 rings (SSSR count). The molecule has 1 N–H and O–H groups in total. The molecule has 0 amide bonds. The van der Waals surface area contributed by atoms with Crippen molar-refractivity contribution in [3.05, 3.63) is 30.3 Å². The molecule has 1 aromatic carbocycles. The first-order chi connectivity index (χ1) is 9.85. The third kappa shape index (κ3) is 3.33. The molecule has 2 fully saturated rings. The lowest BCUT2D eigenvalue weighted by Crippen LogP contribution is -2.49. The normalized spacial score (nSPS) is 28.8. The van der Waals surface area contributed by atoms with Crippen LogP contribution in [0.3, 0.4) is 0 Å². The number of nitrogens with zero attached hydrogens (tertiary/aromatic N) is 1. The summed E-state index contributed by atoms with van der Waals surface area (Å²) in [6.07, 6.45) is 5.38. The molecule has 0 spiro atoms. The molecule has 2 unspecified atom stereocenters. The highest BCUT2D eigenvalue weighted by Gasteiger charge is 2.35. The Hall–Kier alpha value is -1.06. The fraction of sp³-hybridized carbons (Fsp3) is 0.647. The molecule has 20 heavy (non-hydrogen) atoms. The second-order valence-corrected chi connectivity index (χ2v) is 6.05. The Morgan fingerprint density at radius 3 is 2.50 bits per heavy atom. The summed E-state index contributed by atoms with van der Waals surface area (Å²) in [5.41, 5.74) is 0. The van der Waals surface area contributed by atoms with Crippen molar-refractivity contribution in [1.82, 2.24) is 10.2 Å². The van der Waals surface area contributed by atoms with Crippen molar-refractivity contribution in [1.29, 1.82) is 0 Å². The van der Waals surface area contributed by atoms with E-state index in [0.717, 1.165) is 43.6 Å². The highest BCUT2D eigenvalue weighted by Crippen LogP contribution is 2.29. The lowest BCUT2D eigenvalue weighted by atomic mass is 9.98. The lowest BCUT2D eigenvalue weighted by molar-refractivity contribution is 0.125. The standard InChI is InChI=1S/C17H26N2O/c1-2-19(10-11-20-17-6-4-3-5-7-17)16-12-14-8-9-15(13-16)18-14/h3-7,14-16,18H,2,8-13H2,1H3. The molecule has 2 bridgehead atoms. The average Bonchev–Trinajstić information content (AvgIpc) is 2.83. The largest absolute Gasteiger partial charge is 0.492 e. The Kier molecular flexibility index (Phi) is 4.58. The SMILES string of the molecule is CCN(CCOc1ccccc1)C1CC2CCC(C1)N2. The Morgan fingerprint density at radius 1 is 1.15 bits per heavy atom. The average molecular weight is 274 g/mol. The summed E-state index contributed by atoms with van der Waals surface area (Å²) < 4.78 is 5.84. The van der Waals surface area contributed by atoms with E-state index in [4.69, 9.17) is 4.74 Å². The maximum atomic E-state index is 5.84. The van der Waals surface area contributed by atoms with Gasteiger partial charge in [-0.1, -0.05) is 25.1 Å². The molecule has 0 aromatic heterocycles. The van der Waals surface area contributed by atoms with Crippen molar-refractivity contribution in [2.24, 2.45) is 0 Å². The van der Waals surface area contributed by atoms with Gasteiger partial charge < -0.3 is 10.1 Å². The maximum Gasteiger partial charge on any atom is 0.119 e. The van der Waals surface area contributed by atoms with Crippen molar-refractivity contribution in [3.63, 3.8) is 0 Å². The van der Waals surface area contributed by atoms with Crippen LogP contribution in [0.2, 0.25) is 0 Å². The van der Waals surface area contributed by atoms with Crippen LogP contribution in [-0.4, -0.2) is 42.7 Å². The van der Waals surface area contributed by atoms with Gasteiger partial charge in [0.15, 0.2) is 0 Å². The number of likely N-dealkylation sites (N-methyl/N-ethyl adjacent to an activating group) is 1. The summed E-state index contributed by atoms with van der Waals surface area (Å²) in [5.74, 6) is 0.980. The molecule has 110 valence electrons. The van der Waals surface area contributed by atoms with Crippen LogP contribution in [0.5, 0.6) is 5.75 Å². The van der Waals surface area contributed by atoms with Crippen LogP contribution < -0.4 is 10.1 Å². The van der Waals surface area contributed by atoms with Gasteiger partial charge in [-0.2, -0.15) is 0 Å². The van der Waals surface area contributed by atoms with Crippen LogP contribution in [0, 0.1) is 0 Å². The van der Waals surface area contributed by atoms with E-state index in [0.29, 0.717) is 0 Å². The van der Waals surface area contributed by atoms with Crippen molar-refractivity contribution < 1.29 is 4.74 Å². The fourth-order valence-electron chi connectivity index (χ4n) is 3.72. The van der Waals surface area contributed by atoms with Crippen LogP contribution in [-0.2, 0) is 0 Å². The number of benzene rings is 1. The first-order valence-electron chi connectivity index (χ1n) is 8.03. The van der Waals surface area contributed by atoms with Crippen LogP contribution in [0.4, 0.5) is 0 Å². The van der Waals surface area contributed by atoms with E-state index in [-0.39, 0.29) is 0 Å². The number of para-hydroxylation sites is 1. The molecule has 3 nitrogen and oxygen atoms in total. The molecule has 0 radical (unpaired) electrons. The van der Waals surface area contributed by atoms with Crippen LogP contribution in [0.25, 0.3) is 0 Å². The van der Waals surface area contributed by atoms with Gasteiger partial charge in [0.1, 0.15) is 12.4 Å². The number of nitrogens with one attached hydrogen (secondary N) is 1. The first-order valence-corrected chi connectivity index (χ1v) is 8.03. The van der Waals surface area contributed by atoms with E-state index in [9.17, 15) is 0 Å². The molecular weight excluding hydrogens is 248 g/mol. The van der Waals surface area contributed by atoms with Crippen molar-refractivity contribution in [2.75, 3.05) is 19.7 Å². The zero-order chi connectivity index (χ0) is 13.8. The van der Waals surface area contributed by atoms with Gasteiger partial charge in [0.05, 0.1) is 0 Å². The summed E-state index contributed by atoms with van der Waals surface area (Å²) in [6.45, 7) is 5.22. The van der Waals surface area contributed by atoms with Crippen LogP contribution in [0.1, 0.15) is 32.6 Å². The van der Waals surface area contributed by atoms with Crippen molar-refractivity contribution in [3.8, 4) is 5.75 Å². The number of piperidine rings is 1. The fourth-order valence-corrected chi connectivity index (χ4v) is 3.72. The number of hydrogen-bond acceptors (Lipinski definition) is 3. The Morgan fingerprint density at radius 2 is 1.85 bits per heavy atom. The van der Waals surface area contributed by atoms with Gasteiger partial charge in [0.25, 0.3) is 0 Å². The second-order valence-electron chi connectivity index (χ2n) is 6.05. The second kappa shape index (κ2) is 6.59. The van der Waals surface area contributed by atoms with Gasteiger partial charge in [0, 0.05) is 24.7 Å². The van der Waals surface area contributed by atoms with E-state index < -0.39 is 0 Å². The summed E-state index contributed by atoms with van der Waals surface area (Å²) in [5, 5.41) is 3.72. The number of hydrogen-bond donors (Lipinski definition) is 1. The minimum absolute atomic E-state index is 0.748. The van der Waals surface area contributed by atoms with E-state index in [1.165, 1.54) is 25.7 Å². The smallest absolute Gasteiger partial charge is 0.119 e. The number of fused-ring (bicyclic) bond motifs is 2. The third-order valence-corrected chi connectivity index (χ3v) is 4.76. The molecule has 2 atom stereocenters. The Labute approximate surface area is 122 Å². The molecule has 2 saturated heterocycles. The molecule has 2 aliphatic rings. The zero-order valence-corrected chi connectivity index (χ0v) is 12.4. The predicted molar refractivity (Wildman–Crippen MR) is 82.2 cm³/mol. The van der Waals surface area contributed by atoms with E-state index >= 15 is 0 Å². The summed E-state index contributed by atoms with van der Waals surface area (Å²) in [4.78, 5) is 2.61. The monoisotopic (exact) mass is 274 g/mol. The highest BCUT2D eigenvalue weighted by atomic mass is 16.5. The highest BCUT2D eigenvalue weighted by molar-refractivity contribution is 5.20. The minimum atomic E-state index is 0.748. The molecule has 3 heteroatoms. The molecule has 0 aliphatic carbocycles. The predicted octanol–water partition coefficient (Wildman–Crippen LogP) is 2.67. The summed E-state index contributed by atoms with van der Waals surface area (Å²) in [7, 11) is 0. The zero-order valence-electron chi connectivity index (χ0n) is 12.4. The van der Waals surface area contributed by atoms with E-state index in [1.54, 1.807) is 0 Å². The quantitative estimate of drug-likeness (QED) is 0.863. The van der Waals surface area contributed by atoms with Gasteiger partial charge in [-0.25, -0.2) is 0 Å². The van der Waals surface area contributed by atoms with Gasteiger partial charge in [-0.3, -0.25) is 4.90 Å². The number of rotatable bonds is 6. The lowest BCUT2D eigenvalue weighted by Gasteiger charge is -2.37. The molecule has 2 heterocycles. The summed E-state index contributed by atoms with van der Waals surface area (Å²) in [6, 6.07) is 12.4. The minimum Gasteiger partial charge on any atom is -0.492 e. The molecule has 2 aliphatic heterocycles. The number of ether oxygens (including phenoxy) is 1. The maximum absolute atomic E-state index is 5.84. The Bertz CT molecular complexity index is 397. The summed E-state index contributed by atoms with van der Waals surface area (Å²) >= 11 is 0. The van der Waals surface area contributed by atoms with Gasteiger partial charge >= 0.3 is 0 Å². The van der Waals surface area contributed by atoms with E-state index in [1.807, 2.05) is 30.3 Å². The first kappa shape index (κ1) is 13.9. The van der Waals surface area contributed by atoms with Crippen molar-refractivity contribution >= 4 is 0 Å². The van der Waals surface area contributed by atoms with Crippen molar-refractivity contribution in [2.45, 2.75) is 50.7 Å². The third-order valence-electron chi connectivity index (χ3n) is 4.76. The van der Waals surface area contributed by atoms with Gasteiger partial charge in [0.2, 0.25) is 0 Å². The molecule has 0 saturated carbocycles. The van der Waals surface area contributed by atoms with Crippen LogP contribution >= 0.6 is 0 Å². The van der Waals surface area contributed by atoms with Gasteiger partial charge in [-0.15, -0.1) is 0 Å². The van der Waals surface area contributed by atoms with Gasteiger partial charge in [-0.05, 0) is 44.4 Å². The molecule has 1 aromatic rings. The van der Waals surface area contributed by atoms with E-state index in [2.05, 4.69) is 17.1 Å². The van der Waals surface area contributed by atoms with Crippen LogP contribution in [0.15, 0.2) is 30.3 Å². The topological polar surface area (TPSA) is 24.5 Å². The Balaban J connectivity index is 1.47.